The summed E-state index contributed by atoms with van der Waals surface area (Å²) in [7, 11) is 1.95. The SMILES string of the molecule is Cn1c(CN)nnc1SCCSc1ccccc1. The molecule has 0 unspecified atom stereocenters. The third-order valence-electron chi connectivity index (χ3n) is 2.43. The number of rotatable bonds is 6. The summed E-state index contributed by atoms with van der Waals surface area (Å²) < 4.78 is 1.96. The Labute approximate surface area is 115 Å². The summed E-state index contributed by atoms with van der Waals surface area (Å²) in [4.78, 5) is 1.30. The fourth-order valence-corrected chi connectivity index (χ4v) is 3.29. The van der Waals surface area contributed by atoms with Crippen LogP contribution in [0.25, 0.3) is 0 Å². The van der Waals surface area contributed by atoms with Crippen LogP contribution in [0.2, 0.25) is 0 Å². The highest BCUT2D eigenvalue weighted by atomic mass is 32.2. The van der Waals surface area contributed by atoms with E-state index in [9.17, 15) is 0 Å². The topological polar surface area (TPSA) is 56.7 Å². The summed E-state index contributed by atoms with van der Waals surface area (Å²) in [6.07, 6.45) is 0. The minimum atomic E-state index is 0.433. The van der Waals surface area contributed by atoms with Gasteiger partial charge in [0.2, 0.25) is 0 Å². The van der Waals surface area contributed by atoms with Gasteiger partial charge in [-0.3, -0.25) is 0 Å². The zero-order chi connectivity index (χ0) is 12.8. The van der Waals surface area contributed by atoms with Gasteiger partial charge in [-0.1, -0.05) is 30.0 Å². The molecule has 18 heavy (non-hydrogen) atoms. The average molecular weight is 280 g/mol. The first-order valence-electron chi connectivity index (χ1n) is 5.70. The standard InChI is InChI=1S/C12H16N4S2/c1-16-11(9-13)14-15-12(16)18-8-7-17-10-5-3-2-4-6-10/h2-6H,7-9,13H2,1H3. The van der Waals surface area contributed by atoms with Crippen LogP contribution in [0.15, 0.2) is 40.4 Å². The van der Waals surface area contributed by atoms with E-state index in [1.165, 1.54) is 4.90 Å². The average Bonchev–Trinajstić information content (AvgIpc) is 2.77. The molecule has 0 spiro atoms. The predicted octanol–water partition coefficient (Wildman–Crippen LogP) is 2.16. The molecule has 1 aromatic carbocycles. The van der Waals surface area contributed by atoms with E-state index in [2.05, 4.69) is 34.5 Å². The Bertz CT molecular complexity index is 484. The molecule has 6 heteroatoms. The lowest BCUT2D eigenvalue weighted by Gasteiger charge is -2.02. The maximum Gasteiger partial charge on any atom is 0.191 e. The summed E-state index contributed by atoms with van der Waals surface area (Å²) in [6.45, 7) is 0.433. The summed E-state index contributed by atoms with van der Waals surface area (Å²) in [5.74, 6) is 2.89. The maximum absolute atomic E-state index is 5.56. The first-order chi connectivity index (χ1) is 8.81. The molecule has 0 saturated carbocycles. The van der Waals surface area contributed by atoms with E-state index in [-0.39, 0.29) is 0 Å². The lowest BCUT2D eigenvalue weighted by Crippen LogP contribution is -2.05. The van der Waals surface area contributed by atoms with Crippen LogP contribution in [0.5, 0.6) is 0 Å². The molecule has 4 nitrogen and oxygen atoms in total. The smallest absolute Gasteiger partial charge is 0.191 e. The van der Waals surface area contributed by atoms with Crippen molar-refractivity contribution in [3.63, 3.8) is 0 Å². The van der Waals surface area contributed by atoms with Crippen molar-refractivity contribution in [2.45, 2.75) is 16.6 Å². The van der Waals surface area contributed by atoms with Gasteiger partial charge < -0.3 is 10.3 Å². The Morgan fingerprint density at radius 3 is 2.50 bits per heavy atom. The van der Waals surface area contributed by atoms with E-state index >= 15 is 0 Å². The second-order valence-electron chi connectivity index (χ2n) is 3.67. The van der Waals surface area contributed by atoms with Crippen LogP contribution in [0.1, 0.15) is 5.82 Å². The predicted molar refractivity (Wildman–Crippen MR) is 76.8 cm³/mol. The molecule has 0 aliphatic carbocycles. The molecule has 0 radical (unpaired) electrons. The Morgan fingerprint density at radius 2 is 1.83 bits per heavy atom. The molecule has 0 saturated heterocycles. The van der Waals surface area contributed by atoms with E-state index < -0.39 is 0 Å². The maximum atomic E-state index is 5.56. The minimum Gasteiger partial charge on any atom is -0.324 e. The molecule has 0 aliphatic heterocycles. The van der Waals surface area contributed by atoms with Gasteiger partial charge in [0.15, 0.2) is 5.16 Å². The molecule has 96 valence electrons. The Balaban J connectivity index is 1.77. The normalized spacial score (nSPS) is 10.8. The summed E-state index contributed by atoms with van der Waals surface area (Å²) in [5.41, 5.74) is 5.56. The van der Waals surface area contributed by atoms with Crippen molar-refractivity contribution in [3.05, 3.63) is 36.2 Å². The fraction of sp³-hybridized carbons (Fsp3) is 0.333. The number of benzene rings is 1. The van der Waals surface area contributed by atoms with Gasteiger partial charge in [0.25, 0.3) is 0 Å². The van der Waals surface area contributed by atoms with Gasteiger partial charge >= 0.3 is 0 Å². The third kappa shape index (κ3) is 3.51. The zero-order valence-electron chi connectivity index (χ0n) is 10.2. The van der Waals surface area contributed by atoms with E-state index in [0.717, 1.165) is 22.5 Å². The second-order valence-corrected chi connectivity index (χ2v) is 5.90. The van der Waals surface area contributed by atoms with Crippen LogP contribution < -0.4 is 5.73 Å². The monoisotopic (exact) mass is 280 g/mol. The van der Waals surface area contributed by atoms with Gasteiger partial charge in [-0.25, -0.2) is 0 Å². The van der Waals surface area contributed by atoms with Crippen molar-refractivity contribution in [3.8, 4) is 0 Å². The number of hydrogen-bond acceptors (Lipinski definition) is 5. The van der Waals surface area contributed by atoms with Gasteiger partial charge in [-0.2, -0.15) is 0 Å². The molecule has 0 bridgehead atoms. The Kier molecular flexibility index (Phi) is 5.10. The van der Waals surface area contributed by atoms with Crippen molar-refractivity contribution < 1.29 is 0 Å². The first kappa shape index (κ1) is 13.5. The first-order valence-corrected chi connectivity index (χ1v) is 7.67. The van der Waals surface area contributed by atoms with E-state index in [1.54, 1.807) is 11.8 Å². The van der Waals surface area contributed by atoms with Crippen LogP contribution in [0.4, 0.5) is 0 Å². The molecule has 0 amide bonds. The van der Waals surface area contributed by atoms with Crippen LogP contribution >= 0.6 is 23.5 Å². The van der Waals surface area contributed by atoms with Gasteiger partial charge in [0.05, 0.1) is 6.54 Å². The summed E-state index contributed by atoms with van der Waals surface area (Å²) >= 11 is 3.57. The largest absolute Gasteiger partial charge is 0.324 e. The minimum absolute atomic E-state index is 0.433. The van der Waals surface area contributed by atoms with Crippen molar-refractivity contribution in [2.24, 2.45) is 12.8 Å². The van der Waals surface area contributed by atoms with Gasteiger partial charge in [0, 0.05) is 23.4 Å². The molecule has 2 N–H and O–H groups in total. The molecule has 0 aliphatic rings. The number of thioether (sulfide) groups is 2. The molecular weight excluding hydrogens is 264 g/mol. The van der Waals surface area contributed by atoms with Gasteiger partial charge in [-0.15, -0.1) is 22.0 Å². The number of hydrogen-bond donors (Lipinski definition) is 1. The van der Waals surface area contributed by atoms with E-state index in [4.69, 9.17) is 5.73 Å². The van der Waals surface area contributed by atoms with Gasteiger partial charge in [0.1, 0.15) is 5.82 Å². The van der Waals surface area contributed by atoms with Gasteiger partial charge in [-0.05, 0) is 12.1 Å². The highest BCUT2D eigenvalue weighted by Crippen LogP contribution is 2.21. The zero-order valence-corrected chi connectivity index (χ0v) is 11.9. The van der Waals surface area contributed by atoms with Crippen molar-refractivity contribution in [1.82, 2.24) is 14.8 Å². The summed E-state index contributed by atoms with van der Waals surface area (Å²) in [5, 5.41) is 9.08. The van der Waals surface area contributed by atoms with E-state index in [0.29, 0.717) is 6.54 Å². The van der Waals surface area contributed by atoms with Crippen molar-refractivity contribution >= 4 is 23.5 Å². The van der Waals surface area contributed by atoms with Crippen LogP contribution in [-0.4, -0.2) is 26.3 Å². The molecule has 0 fully saturated rings. The van der Waals surface area contributed by atoms with Crippen LogP contribution in [0.3, 0.4) is 0 Å². The lowest BCUT2D eigenvalue weighted by molar-refractivity contribution is 0.735. The molecule has 1 heterocycles. The van der Waals surface area contributed by atoms with E-state index in [1.807, 2.05) is 29.4 Å². The number of aromatic nitrogens is 3. The molecule has 2 rings (SSSR count). The van der Waals surface area contributed by atoms with Crippen molar-refractivity contribution in [1.29, 1.82) is 0 Å². The fourth-order valence-electron chi connectivity index (χ4n) is 1.46. The number of nitrogens with zero attached hydrogens (tertiary/aromatic N) is 3. The number of nitrogens with two attached hydrogens (primary N) is 1. The van der Waals surface area contributed by atoms with Crippen LogP contribution in [0, 0.1) is 0 Å². The highest BCUT2D eigenvalue weighted by Gasteiger charge is 2.06. The highest BCUT2D eigenvalue weighted by molar-refractivity contribution is 8.02. The summed E-state index contributed by atoms with van der Waals surface area (Å²) in [6, 6.07) is 10.4. The quantitative estimate of drug-likeness (QED) is 0.649. The second kappa shape index (κ2) is 6.82. The molecule has 2 aromatic rings. The van der Waals surface area contributed by atoms with Crippen LogP contribution in [-0.2, 0) is 13.6 Å². The Morgan fingerprint density at radius 1 is 1.11 bits per heavy atom. The lowest BCUT2D eigenvalue weighted by atomic mass is 10.4. The Hall–Kier alpha value is -0.980. The molecule has 1 aromatic heterocycles. The molecule has 0 atom stereocenters. The van der Waals surface area contributed by atoms with Crippen molar-refractivity contribution in [2.75, 3.05) is 11.5 Å². The molecular formula is C12H16N4S2. The third-order valence-corrected chi connectivity index (χ3v) is 4.73.